The van der Waals surface area contributed by atoms with Gasteiger partial charge in [-0.25, -0.2) is 17.1 Å². The van der Waals surface area contributed by atoms with Gasteiger partial charge in [0, 0.05) is 20.1 Å². The fourth-order valence-electron chi connectivity index (χ4n) is 1.22. The van der Waals surface area contributed by atoms with Crippen molar-refractivity contribution in [2.75, 3.05) is 20.1 Å². The number of likely N-dealkylation sites (N-methyl/N-ethyl adjacent to an activating group) is 1. The molecule has 90 valence electrons. The molecule has 0 aromatic heterocycles. The lowest BCUT2D eigenvalue weighted by Gasteiger charge is -2.15. The maximum atomic E-state index is 12.6. The maximum Gasteiger partial charge on any atom is 0.218 e. The lowest BCUT2D eigenvalue weighted by atomic mass is 10.2. The molecule has 0 saturated carbocycles. The summed E-state index contributed by atoms with van der Waals surface area (Å²) >= 11 is 0. The minimum Gasteiger partial charge on any atom is -0.329 e. The zero-order valence-corrected chi connectivity index (χ0v) is 9.87. The number of benzene rings is 1. The van der Waals surface area contributed by atoms with Crippen LogP contribution in [-0.2, 0) is 15.8 Å². The summed E-state index contributed by atoms with van der Waals surface area (Å²) in [5.41, 5.74) is 5.84. The van der Waals surface area contributed by atoms with Crippen LogP contribution in [0.1, 0.15) is 5.56 Å². The van der Waals surface area contributed by atoms with Crippen LogP contribution in [-0.4, -0.2) is 32.9 Å². The Kier molecular flexibility index (Phi) is 4.40. The smallest absolute Gasteiger partial charge is 0.218 e. The SMILES string of the molecule is CN(CCN)S(=O)(=O)Cc1ccc(F)cc1. The molecule has 1 aromatic carbocycles. The van der Waals surface area contributed by atoms with E-state index in [4.69, 9.17) is 5.73 Å². The molecule has 6 heteroatoms. The van der Waals surface area contributed by atoms with E-state index < -0.39 is 10.0 Å². The van der Waals surface area contributed by atoms with Crippen LogP contribution in [0.3, 0.4) is 0 Å². The molecule has 0 aliphatic rings. The quantitative estimate of drug-likeness (QED) is 0.825. The first-order valence-electron chi connectivity index (χ1n) is 4.84. The van der Waals surface area contributed by atoms with Crippen LogP contribution in [0.2, 0.25) is 0 Å². The highest BCUT2D eigenvalue weighted by molar-refractivity contribution is 7.88. The van der Waals surface area contributed by atoms with Crippen molar-refractivity contribution in [3.05, 3.63) is 35.6 Å². The molecule has 1 aromatic rings. The Hall–Kier alpha value is -0.980. The van der Waals surface area contributed by atoms with Crippen molar-refractivity contribution in [3.8, 4) is 0 Å². The van der Waals surface area contributed by atoms with Gasteiger partial charge in [-0.1, -0.05) is 12.1 Å². The number of hydrogen-bond donors (Lipinski definition) is 1. The summed E-state index contributed by atoms with van der Waals surface area (Å²) in [6.07, 6.45) is 0. The molecule has 0 aliphatic carbocycles. The molecule has 4 nitrogen and oxygen atoms in total. The van der Waals surface area contributed by atoms with Crippen LogP contribution in [0.15, 0.2) is 24.3 Å². The average molecular weight is 246 g/mol. The second-order valence-corrected chi connectivity index (χ2v) is 5.57. The fraction of sp³-hybridized carbons (Fsp3) is 0.400. The summed E-state index contributed by atoms with van der Waals surface area (Å²) in [6, 6.07) is 5.41. The molecule has 0 atom stereocenters. The Morgan fingerprint density at radius 1 is 1.31 bits per heavy atom. The van der Waals surface area contributed by atoms with Gasteiger partial charge in [0.05, 0.1) is 5.75 Å². The minimum absolute atomic E-state index is 0.135. The summed E-state index contributed by atoms with van der Waals surface area (Å²) in [4.78, 5) is 0. The van der Waals surface area contributed by atoms with Gasteiger partial charge in [0.25, 0.3) is 0 Å². The van der Waals surface area contributed by atoms with Gasteiger partial charge in [-0.2, -0.15) is 0 Å². The molecule has 0 radical (unpaired) electrons. The molecule has 2 N–H and O–H groups in total. The first-order chi connectivity index (χ1) is 7.45. The van der Waals surface area contributed by atoms with Gasteiger partial charge in [-0.05, 0) is 17.7 Å². The molecule has 0 unspecified atom stereocenters. The van der Waals surface area contributed by atoms with Crippen molar-refractivity contribution in [3.63, 3.8) is 0 Å². The fourth-order valence-corrected chi connectivity index (χ4v) is 2.44. The average Bonchev–Trinajstić information content (AvgIpc) is 2.21. The normalized spacial score (nSPS) is 12.0. The number of halogens is 1. The van der Waals surface area contributed by atoms with Crippen LogP contribution in [0.5, 0.6) is 0 Å². The van der Waals surface area contributed by atoms with Gasteiger partial charge in [-0.3, -0.25) is 0 Å². The van der Waals surface area contributed by atoms with Crippen molar-refractivity contribution < 1.29 is 12.8 Å². The molecular formula is C10H15FN2O2S. The number of rotatable bonds is 5. The van der Waals surface area contributed by atoms with E-state index in [1.165, 1.54) is 35.6 Å². The zero-order chi connectivity index (χ0) is 12.2. The van der Waals surface area contributed by atoms with Crippen LogP contribution >= 0.6 is 0 Å². The van der Waals surface area contributed by atoms with E-state index in [0.29, 0.717) is 5.56 Å². The van der Waals surface area contributed by atoms with Gasteiger partial charge in [0.2, 0.25) is 10.0 Å². The lowest BCUT2D eigenvalue weighted by Crippen LogP contribution is -2.32. The molecule has 0 saturated heterocycles. The van der Waals surface area contributed by atoms with Gasteiger partial charge in [-0.15, -0.1) is 0 Å². The third kappa shape index (κ3) is 3.55. The largest absolute Gasteiger partial charge is 0.329 e. The Labute approximate surface area is 94.9 Å². The topological polar surface area (TPSA) is 63.4 Å². The number of nitrogens with two attached hydrogens (primary N) is 1. The summed E-state index contributed by atoms with van der Waals surface area (Å²) in [6.45, 7) is 0.558. The van der Waals surface area contributed by atoms with E-state index in [0.717, 1.165) is 0 Å². The molecule has 0 bridgehead atoms. The Balaban J connectivity index is 2.76. The monoisotopic (exact) mass is 246 g/mol. The van der Waals surface area contributed by atoms with Crippen LogP contribution < -0.4 is 5.73 Å². The van der Waals surface area contributed by atoms with Gasteiger partial charge in [0.1, 0.15) is 5.82 Å². The highest BCUT2D eigenvalue weighted by Gasteiger charge is 2.17. The molecule has 16 heavy (non-hydrogen) atoms. The lowest BCUT2D eigenvalue weighted by molar-refractivity contribution is 0.476. The predicted molar refractivity (Wildman–Crippen MR) is 60.7 cm³/mol. The van der Waals surface area contributed by atoms with Crippen LogP contribution in [0.25, 0.3) is 0 Å². The number of hydrogen-bond acceptors (Lipinski definition) is 3. The zero-order valence-electron chi connectivity index (χ0n) is 9.06. The molecule has 1 rings (SSSR count). The van der Waals surface area contributed by atoms with E-state index in [1.807, 2.05) is 0 Å². The molecule has 0 spiro atoms. The second-order valence-electron chi connectivity index (χ2n) is 3.49. The van der Waals surface area contributed by atoms with Crippen LogP contribution in [0.4, 0.5) is 4.39 Å². The minimum atomic E-state index is -3.36. The molecule has 0 fully saturated rings. The molecule has 0 heterocycles. The van der Waals surface area contributed by atoms with Gasteiger partial charge < -0.3 is 5.73 Å². The van der Waals surface area contributed by atoms with Crippen molar-refractivity contribution in [1.82, 2.24) is 4.31 Å². The van der Waals surface area contributed by atoms with Crippen molar-refractivity contribution in [2.24, 2.45) is 5.73 Å². The Bertz CT molecular complexity index is 431. The Morgan fingerprint density at radius 2 is 1.88 bits per heavy atom. The predicted octanol–water partition coefficient (Wildman–Crippen LogP) is 0.546. The van der Waals surface area contributed by atoms with E-state index >= 15 is 0 Å². The first kappa shape index (κ1) is 13.1. The van der Waals surface area contributed by atoms with Crippen LogP contribution in [0, 0.1) is 5.82 Å². The molecular weight excluding hydrogens is 231 g/mol. The van der Waals surface area contributed by atoms with Gasteiger partial charge >= 0.3 is 0 Å². The highest BCUT2D eigenvalue weighted by atomic mass is 32.2. The van der Waals surface area contributed by atoms with Crippen molar-refractivity contribution in [1.29, 1.82) is 0 Å². The third-order valence-corrected chi connectivity index (χ3v) is 4.01. The summed E-state index contributed by atoms with van der Waals surface area (Å²) < 4.78 is 37.3. The number of sulfonamides is 1. The first-order valence-corrected chi connectivity index (χ1v) is 6.45. The number of nitrogens with zero attached hydrogens (tertiary/aromatic N) is 1. The summed E-state index contributed by atoms with van der Waals surface area (Å²) in [5, 5.41) is 0. The Morgan fingerprint density at radius 3 is 2.38 bits per heavy atom. The van der Waals surface area contributed by atoms with E-state index in [1.54, 1.807) is 0 Å². The maximum absolute atomic E-state index is 12.6. The third-order valence-electron chi connectivity index (χ3n) is 2.18. The van der Waals surface area contributed by atoms with E-state index in [9.17, 15) is 12.8 Å². The molecule has 0 amide bonds. The highest BCUT2D eigenvalue weighted by Crippen LogP contribution is 2.10. The molecule has 0 aliphatic heterocycles. The second kappa shape index (κ2) is 5.38. The standard InChI is InChI=1S/C10H15FN2O2S/c1-13(7-6-12)16(14,15)8-9-2-4-10(11)5-3-9/h2-5H,6-8,12H2,1H3. The van der Waals surface area contributed by atoms with Gasteiger partial charge in [0.15, 0.2) is 0 Å². The van der Waals surface area contributed by atoms with Crippen molar-refractivity contribution in [2.45, 2.75) is 5.75 Å². The van der Waals surface area contributed by atoms with Crippen molar-refractivity contribution >= 4 is 10.0 Å². The summed E-state index contributed by atoms with van der Waals surface area (Å²) in [5.74, 6) is -0.513. The van der Waals surface area contributed by atoms with E-state index in [-0.39, 0.29) is 24.7 Å². The van der Waals surface area contributed by atoms with E-state index in [2.05, 4.69) is 0 Å². The summed E-state index contributed by atoms with van der Waals surface area (Å²) in [7, 11) is -1.88.